The normalized spacial score (nSPS) is 15.8. The predicted octanol–water partition coefficient (Wildman–Crippen LogP) is 1.28. The molecule has 1 saturated heterocycles. The molecule has 0 aliphatic carbocycles. The quantitative estimate of drug-likeness (QED) is 0.811. The van der Waals surface area contributed by atoms with Gasteiger partial charge < -0.3 is 10.1 Å². The third kappa shape index (κ3) is 4.40. The van der Waals surface area contributed by atoms with E-state index in [0.29, 0.717) is 6.61 Å². The van der Waals surface area contributed by atoms with E-state index in [2.05, 4.69) is 29.0 Å². The number of piperazine rings is 1. The third-order valence-electron chi connectivity index (χ3n) is 2.97. The van der Waals surface area contributed by atoms with E-state index >= 15 is 0 Å². The van der Waals surface area contributed by atoms with E-state index in [1.165, 1.54) is 5.56 Å². The standard InChI is InChI=1S/C15H20N2O/c1-14-4-6-15(7-5-14)18-13-3-2-10-17-11-8-16-9-12-17/h4-7,16H,8-13H2,1H3. The smallest absolute Gasteiger partial charge is 0.149 e. The summed E-state index contributed by atoms with van der Waals surface area (Å²) < 4.78 is 5.55. The molecule has 0 spiro atoms. The minimum atomic E-state index is 0.467. The molecule has 0 atom stereocenters. The van der Waals surface area contributed by atoms with Gasteiger partial charge in [0.2, 0.25) is 0 Å². The predicted molar refractivity (Wildman–Crippen MR) is 73.8 cm³/mol. The first-order chi connectivity index (χ1) is 8.84. The van der Waals surface area contributed by atoms with Crippen LogP contribution in [0.15, 0.2) is 24.3 Å². The fourth-order valence-electron chi connectivity index (χ4n) is 1.84. The van der Waals surface area contributed by atoms with Gasteiger partial charge in [0.1, 0.15) is 12.4 Å². The SMILES string of the molecule is Cc1ccc(OCC#CCN2CCNCC2)cc1. The number of nitrogens with one attached hydrogen (secondary N) is 1. The molecule has 3 nitrogen and oxygen atoms in total. The Hall–Kier alpha value is -1.50. The first-order valence-electron chi connectivity index (χ1n) is 6.43. The minimum Gasteiger partial charge on any atom is -0.481 e. The van der Waals surface area contributed by atoms with Crippen molar-refractivity contribution < 1.29 is 4.74 Å². The van der Waals surface area contributed by atoms with Crippen LogP contribution < -0.4 is 10.1 Å². The molecule has 1 aromatic carbocycles. The summed E-state index contributed by atoms with van der Waals surface area (Å²) in [5, 5.41) is 3.33. The number of ether oxygens (including phenoxy) is 1. The van der Waals surface area contributed by atoms with Crippen molar-refractivity contribution in [3.63, 3.8) is 0 Å². The Morgan fingerprint density at radius 2 is 1.89 bits per heavy atom. The molecule has 1 fully saturated rings. The first-order valence-corrected chi connectivity index (χ1v) is 6.43. The molecule has 2 rings (SSSR count). The number of rotatable bonds is 3. The van der Waals surface area contributed by atoms with Crippen molar-refractivity contribution in [1.29, 1.82) is 0 Å². The Labute approximate surface area is 109 Å². The second-order valence-corrected chi connectivity index (χ2v) is 4.48. The maximum absolute atomic E-state index is 5.55. The molecule has 1 aliphatic heterocycles. The number of nitrogens with zero attached hydrogens (tertiary/aromatic N) is 1. The van der Waals surface area contributed by atoms with E-state index < -0.39 is 0 Å². The van der Waals surface area contributed by atoms with Gasteiger partial charge in [0.05, 0.1) is 6.54 Å². The van der Waals surface area contributed by atoms with Gasteiger partial charge in [0.25, 0.3) is 0 Å². The van der Waals surface area contributed by atoms with Crippen molar-refractivity contribution in [3.8, 4) is 17.6 Å². The van der Waals surface area contributed by atoms with Crippen molar-refractivity contribution in [2.45, 2.75) is 6.92 Å². The van der Waals surface area contributed by atoms with E-state index in [9.17, 15) is 0 Å². The van der Waals surface area contributed by atoms with Crippen LogP contribution in [0.4, 0.5) is 0 Å². The molecular weight excluding hydrogens is 224 g/mol. The van der Waals surface area contributed by atoms with Crippen LogP contribution in [0.5, 0.6) is 5.75 Å². The summed E-state index contributed by atoms with van der Waals surface area (Å²) in [4.78, 5) is 2.36. The molecular formula is C15H20N2O. The van der Waals surface area contributed by atoms with Crippen LogP contribution in [-0.4, -0.2) is 44.2 Å². The van der Waals surface area contributed by atoms with E-state index in [0.717, 1.165) is 38.5 Å². The number of hydrogen-bond acceptors (Lipinski definition) is 3. The van der Waals surface area contributed by atoms with Gasteiger partial charge in [-0.25, -0.2) is 0 Å². The van der Waals surface area contributed by atoms with Gasteiger partial charge >= 0.3 is 0 Å². The molecule has 3 heteroatoms. The summed E-state index contributed by atoms with van der Waals surface area (Å²) in [6, 6.07) is 8.05. The molecule has 96 valence electrons. The molecule has 0 amide bonds. The van der Waals surface area contributed by atoms with E-state index in [4.69, 9.17) is 4.74 Å². The summed E-state index contributed by atoms with van der Waals surface area (Å²) in [5.74, 6) is 7.11. The molecule has 1 aromatic rings. The Morgan fingerprint density at radius 1 is 1.17 bits per heavy atom. The third-order valence-corrected chi connectivity index (χ3v) is 2.97. The van der Waals surface area contributed by atoms with Gasteiger partial charge in [-0.2, -0.15) is 0 Å². The van der Waals surface area contributed by atoms with Gasteiger partial charge in [0.15, 0.2) is 0 Å². The average Bonchev–Trinajstić information content (AvgIpc) is 2.42. The summed E-state index contributed by atoms with van der Waals surface area (Å²) in [5.41, 5.74) is 1.24. The van der Waals surface area contributed by atoms with Crippen LogP contribution in [-0.2, 0) is 0 Å². The Balaban J connectivity index is 1.67. The van der Waals surface area contributed by atoms with Crippen LogP contribution in [0, 0.1) is 18.8 Å². The summed E-state index contributed by atoms with van der Waals surface area (Å²) >= 11 is 0. The Morgan fingerprint density at radius 3 is 2.61 bits per heavy atom. The lowest BCUT2D eigenvalue weighted by atomic mass is 10.2. The molecule has 0 bridgehead atoms. The van der Waals surface area contributed by atoms with Gasteiger partial charge in [0, 0.05) is 26.2 Å². The first kappa shape index (κ1) is 12.9. The zero-order valence-electron chi connectivity index (χ0n) is 10.9. The van der Waals surface area contributed by atoms with Crippen LogP contribution in [0.1, 0.15) is 5.56 Å². The second-order valence-electron chi connectivity index (χ2n) is 4.48. The molecule has 0 radical (unpaired) electrons. The Kier molecular flexibility index (Phi) is 5.07. The zero-order valence-corrected chi connectivity index (χ0v) is 10.9. The van der Waals surface area contributed by atoms with Gasteiger partial charge in [-0.05, 0) is 19.1 Å². The van der Waals surface area contributed by atoms with Gasteiger partial charge in [-0.3, -0.25) is 4.90 Å². The van der Waals surface area contributed by atoms with Crippen molar-refractivity contribution in [2.75, 3.05) is 39.3 Å². The summed E-state index contributed by atoms with van der Waals surface area (Å²) in [6.45, 7) is 7.70. The maximum atomic E-state index is 5.55. The number of aryl methyl sites for hydroxylation is 1. The lowest BCUT2D eigenvalue weighted by Crippen LogP contribution is -2.43. The Bertz CT molecular complexity index is 410. The van der Waals surface area contributed by atoms with E-state index in [1.54, 1.807) is 0 Å². The second kappa shape index (κ2) is 7.05. The van der Waals surface area contributed by atoms with Crippen molar-refractivity contribution >= 4 is 0 Å². The molecule has 0 unspecified atom stereocenters. The largest absolute Gasteiger partial charge is 0.481 e. The molecule has 1 aliphatic rings. The van der Waals surface area contributed by atoms with Crippen molar-refractivity contribution in [2.24, 2.45) is 0 Å². The molecule has 0 aromatic heterocycles. The topological polar surface area (TPSA) is 24.5 Å². The highest BCUT2D eigenvalue weighted by Gasteiger charge is 2.06. The summed E-state index contributed by atoms with van der Waals surface area (Å²) in [7, 11) is 0. The lowest BCUT2D eigenvalue weighted by molar-refractivity contribution is 0.268. The number of benzene rings is 1. The highest BCUT2D eigenvalue weighted by Crippen LogP contribution is 2.10. The molecule has 18 heavy (non-hydrogen) atoms. The van der Waals surface area contributed by atoms with Crippen LogP contribution >= 0.6 is 0 Å². The fraction of sp³-hybridized carbons (Fsp3) is 0.467. The van der Waals surface area contributed by atoms with Gasteiger partial charge in [-0.15, -0.1) is 0 Å². The maximum Gasteiger partial charge on any atom is 0.149 e. The fourth-order valence-corrected chi connectivity index (χ4v) is 1.84. The van der Waals surface area contributed by atoms with Crippen molar-refractivity contribution in [3.05, 3.63) is 29.8 Å². The molecule has 1 N–H and O–H groups in total. The highest BCUT2D eigenvalue weighted by atomic mass is 16.5. The minimum absolute atomic E-state index is 0.467. The van der Waals surface area contributed by atoms with E-state index in [1.807, 2.05) is 24.3 Å². The average molecular weight is 244 g/mol. The van der Waals surface area contributed by atoms with E-state index in [-0.39, 0.29) is 0 Å². The summed E-state index contributed by atoms with van der Waals surface area (Å²) in [6.07, 6.45) is 0. The van der Waals surface area contributed by atoms with Crippen LogP contribution in [0.2, 0.25) is 0 Å². The molecule has 0 saturated carbocycles. The van der Waals surface area contributed by atoms with Gasteiger partial charge in [-0.1, -0.05) is 29.5 Å². The highest BCUT2D eigenvalue weighted by molar-refractivity contribution is 5.26. The number of hydrogen-bond donors (Lipinski definition) is 1. The van der Waals surface area contributed by atoms with Crippen LogP contribution in [0.3, 0.4) is 0 Å². The molecule has 1 heterocycles. The lowest BCUT2D eigenvalue weighted by Gasteiger charge is -2.24. The van der Waals surface area contributed by atoms with Crippen molar-refractivity contribution in [1.82, 2.24) is 10.2 Å². The zero-order chi connectivity index (χ0) is 12.6. The van der Waals surface area contributed by atoms with Crippen LogP contribution in [0.25, 0.3) is 0 Å². The monoisotopic (exact) mass is 244 g/mol.